The number of aryl methyl sites for hydroxylation is 2. The number of hydrogen-bond acceptors (Lipinski definition) is 5. The summed E-state index contributed by atoms with van der Waals surface area (Å²) < 4.78 is 1.90. The van der Waals surface area contributed by atoms with Crippen LogP contribution in [0.15, 0.2) is 24.5 Å². The van der Waals surface area contributed by atoms with Crippen molar-refractivity contribution < 1.29 is 4.79 Å². The van der Waals surface area contributed by atoms with Gasteiger partial charge in [0, 0.05) is 36.8 Å². The van der Waals surface area contributed by atoms with Crippen LogP contribution in [-0.4, -0.2) is 25.5 Å². The largest absolute Gasteiger partial charge is 0.293 e. The monoisotopic (exact) mass is 319 g/mol. The van der Waals surface area contributed by atoms with Crippen molar-refractivity contribution in [3.63, 3.8) is 0 Å². The molecular weight excluding hydrogens is 302 g/mol. The Kier molecular flexibility index (Phi) is 4.09. The first-order chi connectivity index (χ1) is 11.5. The zero-order valence-electron chi connectivity index (χ0n) is 13.9. The van der Waals surface area contributed by atoms with E-state index >= 15 is 0 Å². The molecular formula is C18H17N5O. The van der Waals surface area contributed by atoms with E-state index in [9.17, 15) is 4.79 Å². The lowest BCUT2D eigenvalue weighted by atomic mass is 10.0. The number of hydrogen-bond donors (Lipinski definition) is 0. The van der Waals surface area contributed by atoms with Crippen molar-refractivity contribution in [2.75, 3.05) is 0 Å². The smallest absolute Gasteiger partial charge is 0.232 e. The molecule has 0 N–H and O–H groups in total. The van der Waals surface area contributed by atoms with E-state index in [2.05, 4.69) is 22.0 Å². The maximum atomic E-state index is 12.0. The van der Waals surface area contributed by atoms with Gasteiger partial charge in [-0.25, -0.2) is 9.97 Å². The zero-order valence-corrected chi connectivity index (χ0v) is 13.9. The molecule has 0 amide bonds. The van der Waals surface area contributed by atoms with Crippen LogP contribution in [0.25, 0.3) is 22.0 Å². The van der Waals surface area contributed by atoms with Crippen LogP contribution >= 0.6 is 0 Å². The van der Waals surface area contributed by atoms with Gasteiger partial charge in [-0.2, -0.15) is 10.4 Å². The van der Waals surface area contributed by atoms with Gasteiger partial charge < -0.3 is 0 Å². The molecule has 0 fully saturated rings. The highest BCUT2D eigenvalue weighted by Gasteiger charge is 2.17. The normalized spacial score (nSPS) is 10.8. The third-order valence-corrected chi connectivity index (χ3v) is 3.89. The molecule has 120 valence electrons. The first-order valence-corrected chi connectivity index (χ1v) is 7.79. The van der Waals surface area contributed by atoms with Crippen molar-refractivity contribution in [3.8, 4) is 17.2 Å². The molecule has 6 nitrogen and oxygen atoms in total. The summed E-state index contributed by atoms with van der Waals surface area (Å²) >= 11 is 0. The standard InChI is InChI=1S/C18H17N5O/c1-4-5-23-18-11(2)6-13(7-15(18)17(22-23)12(3)24)14-9-20-16(8-19)21-10-14/h6-7,9-10H,4-5H2,1-3H3. The first kappa shape index (κ1) is 15.8. The number of rotatable bonds is 4. The van der Waals surface area contributed by atoms with Gasteiger partial charge in [-0.3, -0.25) is 9.48 Å². The SMILES string of the molecule is CCCn1nc(C(C)=O)c2cc(-c3cnc(C#N)nc3)cc(C)c21. The van der Waals surface area contributed by atoms with Crippen LogP contribution in [0.3, 0.4) is 0 Å². The van der Waals surface area contributed by atoms with Crippen molar-refractivity contribution in [2.45, 2.75) is 33.7 Å². The average Bonchev–Trinajstić information content (AvgIpc) is 2.94. The van der Waals surface area contributed by atoms with Crippen LogP contribution in [0.2, 0.25) is 0 Å². The zero-order chi connectivity index (χ0) is 17.3. The minimum absolute atomic E-state index is 0.0533. The molecule has 3 aromatic rings. The lowest BCUT2D eigenvalue weighted by Crippen LogP contribution is -2.01. The molecule has 6 heteroatoms. The van der Waals surface area contributed by atoms with E-state index in [1.165, 1.54) is 6.92 Å². The molecule has 0 aliphatic heterocycles. The number of nitriles is 1. The minimum atomic E-state index is -0.0533. The molecule has 0 saturated carbocycles. The van der Waals surface area contributed by atoms with Gasteiger partial charge in [0.15, 0.2) is 5.78 Å². The molecule has 0 saturated heterocycles. The van der Waals surface area contributed by atoms with Crippen LogP contribution in [-0.2, 0) is 6.54 Å². The topological polar surface area (TPSA) is 84.5 Å². The third kappa shape index (κ3) is 2.65. The summed E-state index contributed by atoms with van der Waals surface area (Å²) in [5.41, 5.74) is 4.22. The van der Waals surface area contributed by atoms with E-state index in [0.717, 1.165) is 40.6 Å². The Labute approximate surface area is 139 Å². The second kappa shape index (κ2) is 6.20. The van der Waals surface area contributed by atoms with Crippen molar-refractivity contribution in [1.29, 1.82) is 5.26 Å². The fourth-order valence-electron chi connectivity index (χ4n) is 2.86. The molecule has 0 spiro atoms. The molecule has 0 aliphatic carbocycles. The van der Waals surface area contributed by atoms with Crippen LogP contribution in [0.1, 0.15) is 42.1 Å². The van der Waals surface area contributed by atoms with Crippen molar-refractivity contribution in [1.82, 2.24) is 19.7 Å². The van der Waals surface area contributed by atoms with E-state index in [0.29, 0.717) is 5.69 Å². The summed E-state index contributed by atoms with van der Waals surface area (Å²) in [6.45, 7) is 6.39. The van der Waals surface area contributed by atoms with Crippen LogP contribution in [0.4, 0.5) is 0 Å². The summed E-state index contributed by atoms with van der Waals surface area (Å²) in [5, 5.41) is 14.1. The molecule has 0 bridgehead atoms. The molecule has 0 aliphatic rings. The molecule has 1 aromatic carbocycles. The van der Waals surface area contributed by atoms with Crippen molar-refractivity contribution in [2.24, 2.45) is 0 Å². The number of carbonyl (C=O) groups is 1. The van der Waals surface area contributed by atoms with Gasteiger partial charge in [0.25, 0.3) is 0 Å². The summed E-state index contributed by atoms with van der Waals surface area (Å²) in [5.74, 6) is 0.0826. The number of fused-ring (bicyclic) bond motifs is 1. The van der Waals surface area contributed by atoms with Crippen LogP contribution in [0, 0.1) is 18.3 Å². The first-order valence-electron chi connectivity index (χ1n) is 7.79. The Hall–Kier alpha value is -3.07. The molecule has 0 atom stereocenters. The molecule has 0 radical (unpaired) electrons. The highest BCUT2D eigenvalue weighted by molar-refractivity contribution is 6.06. The predicted octanol–water partition coefficient (Wildman–Crippen LogP) is 3.29. The minimum Gasteiger partial charge on any atom is -0.293 e. The van der Waals surface area contributed by atoms with Gasteiger partial charge >= 0.3 is 0 Å². The predicted molar refractivity (Wildman–Crippen MR) is 90.5 cm³/mol. The molecule has 2 heterocycles. The second-order valence-corrected chi connectivity index (χ2v) is 5.72. The summed E-state index contributed by atoms with van der Waals surface area (Å²) in [6, 6.07) is 5.89. The molecule has 2 aromatic heterocycles. The van der Waals surface area contributed by atoms with Crippen LogP contribution in [0.5, 0.6) is 0 Å². The summed E-state index contributed by atoms with van der Waals surface area (Å²) in [7, 11) is 0. The highest BCUT2D eigenvalue weighted by Crippen LogP contribution is 2.29. The molecule has 3 rings (SSSR count). The fraction of sp³-hybridized carbons (Fsp3) is 0.278. The van der Waals surface area contributed by atoms with Gasteiger partial charge in [-0.1, -0.05) is 6.92 Å². The Morgan fingerprint density at radius 2 is 1.96 bits per heavy atom. The number of ketones is 1. The number of benzene rings is 1. The van der Waals surface area contributed by atoms with E-state index in [1.807, 2.05) is 29.8 Å². The number of nitrogens with zero attached hydrogens (tertiary/aromatic N) is 5. The third-order valence-electron chi connectivity index (χ3n) is 3.89. The van der Waals surface area contributed by atoms with Crippen molar-refractivity contribution in [3.05, 3.63) is 41.6 Å². The quantitative estimate of drug-likeness (QED) is 0.689. The second-order valence-electron chi connectivity index (χ2n) is 5.72. The molecule has 0 unspecified atom stereocenters. The van der Waals surface area contributed by atoms with E-state index < -0.39 is 0 Å². The number of aromatic nitrogens is 4. The number of carbonyl (C=O) groups excluding carboxylic acids is 1. The van der Waals surface area contributed by atoms with Gasteiger partial charge in [0.05, 0.1) is 5.52 Å². The highest BCUT2D eigenvalue weighted by atomic mass is 16.1. The Bertz CT molecular complexity index is 964. The van der Waals surface area contributed by atoms with Gasteiger partial charge in [-0.15, -0.1) is 0 Å². The summed E-state index contributed by atoms with van der Waals surface area (Å²) in [6.07, 6.45) is 4.19. The summed E-state index contributed by atoms with van der Waals surface area (Å²) in [4.78, 5) is 20.0. The Morgan fingerprint density at radius 3 is 2.54 bits per heavy atom. The number of Topliss-reactive ketones (excluding diaryl/α,β-unsaturated/α-hetero) is 1. The van der Waals surface area contributed by atoms with Gasteiger partial charge in [0.2, 0.25) is 5.82 Å². The Morgan fingerprint density at radius 1 is 1.25 bits per heavy atom. The van der Waals surface area contributed by atoms with Gasteiger partial charge in [-0.05, 0) is 36.6 Å². The Balaban J connectivity index is 2.23. The fourth-order valence-corrected chi connectivity index (χ4v) is 2.86. The average molecular weight is 319 g/mol. The van der Waals surface area contributed by atoms with Gasteiger partial charge in [0.1, 0.15) is 11.8 Å². The lowest BCUT2D eigenvalue weighted by Gasteiger charge is -2.07. The maximum absolute atomic E-state index is 12.0. The van der Waals surface area contributed by atoms with E-state index in [4.69, 9.17) is 5.26 Å². The van der Waals surface area contributed by atoms with E-state index in [1.54, 1.807) is 12.4 Å². The molecule has 24 heavy (non-hydrogen) atoms. The van der Waals surface area contributed by atoms with Crippen molar-refractivity contribution >= 4 is 16.7 Å². The van der Waals surface area contributed by atoms with Crippen LogP contribution < -0.4 is 0 Å². The van der Waals surface area contributed by atoms with E-state index in [-0.39, 0.29) is 11.6 Å². The lowest BCUT2D eigenvalue weighted by molar-refractivity contribution is 0.101. The maximum Gasteiger partial charge on any atom is 0.232 e.